The average molecular weight is 386 g/mol. The van der Waals surface area contributed by atoms with Crippen molar-refractivity contribution in [2.75, 3.05) is 0 Å². The van der Waals surface area contributed by atoms with E-state index in [4.69, 9.17) is 0 Å². The van der Waals surface area contributed by atoms with E-state index in [2.05, 4.69) is 94.9 Å². The van der Waals surface area contributed by atoms with E-state index >= 15 is 0 Å². The van der Waals surface area contributed by atoms with Crippen molar-refractivity contribution in [3.63, 3.8) is 0 Å². The lowest BCUT2D eigenvalue weighted by Crippen LogP contribution is -2.22. The number of aromatic amines is 2. The predicted molar refractivity (Wildman–Crippen MR) is 126 cm³/mol. The van der Waals surface area contributed by atoms with E-state index in [9.17, 15) is 0 Å². The molecule has 2 nitrogen and oxygen atoms in total. The van der Waals surface area contributed by atoms with Gasteiger partial charge in [-0.15, -0.1) is 0 Å². The third-order valence-corrected chi connectivity index (χ3v) is 7.22. The first-order valence-corrected chi connectivity index (χ1v) is 10.9. The Kier molecular flexibility index (Phi) is 3.25. The summed E-state index contributed by atoms with van der Waals surface area (Å²) in [5.74, 6) is 1.11. The average Bonchev–Trinajstić information content (AvgIpc) is 3.33. The molecule has 4 aromatic carbocycles. The third kappa shape index (κ3) is 2.14. The molecule has 144 valence electrons. The molecule has 2 atom stereocenters. The zero-order valence-corrected chi connectivity index (χ0v) is 16.7. The quantitative estimate of drug-likeness (QED) is 0.307. The van der Waals surface area contributed by atoms with E-state index < -0.39 is 0 Å². The van der Waals surface area contributed by atoms with E-state index in [-0.39, 0.29) is 0 Å². The largest absolute Gasteiger partial charge is 0.354 e. The maximum atomic E-state index is 3.72. The Morgan fingerprint density at radius 1 is 0.467 bits per heavy atom. The van der Waals surface area contributed by atoms with Crippen molar-refractivity contribution in [2.45, 2.75) is 24.7 Å². The molecule has 1 aliphatic rings. The molecule has 6 aromatic rings. The summed E-state index contributed by atoms with van der Waals surface area (Å²) >= 11 is 0. The molecule has 0 radical (unpaired) electrons. The van der Waals surface area contributed by atoms with Crippen molar-refractivity contribution in [1.29, 1.82) is 0 Å². The van der Waals surface area contributed by atoms with Gasteiger partial charge in [-0.3, -0.25) is 0 Å². The van der Waals surface area contributed by atoms with Gasteiger partial charge >= 0.3 is 0 Å². The molecule has 2 heterocycles. The van der Waals surface area contributed by atoms with Crippen molar-refractivity contribution < 1.29 is 0 Å². The molecule has 2 heteroatoms. The molecule has 0 spiro atoms. The molecular weight excluding hydrogens is 364 g/mol. The fraction of sp³-hybridized carbons (Fsp3) is 0.143. The summed E-state index contributed by atoms with van der Waals surface area (Å²) in [6.07, 6.45) is 2.49. The van der Waals surface area contributed by atoms with Gasteiger partial charge in [-0.2, -0.15) is 0 Å². The molecule has 1 fully saturated rings. The fourth-order valence-electron chi connectivity index (χ4n) is 5.65. The van der Waals surface area contributed by atoms with Crippen molar-refractivity contribution in [3.05, 3.63) is 96.1 Å². The fourth-order valence-corrected chi connectivity index (χ4v) is 5.65. The Bertz CT molecular complexity index is 1450. The van der Waals surface area contributed by atoms with Gasteiger partial charge in [-0.25, -0.2) is 0 Å². The lowest BCUT2D eigenvalue weighted by Gasteiger charge is -2.38. The summed E-state index contributed by atoms with van der Waals surface area (Å²) in [4.78, 5) is 7.44. The van der Waals surface area contributed by atoms with Crippen LogP contribution < -0.4 is 0 Å². The number of nitrogens with one attached hydrogen (secondary N) is 2. The maximum Gasteiger partial charge on any atom is 0.0500 e. The highest BCUT2D eigenvalue weighted by Crippen LogP contribution is 2.52. The number of hydrogen-bond donors (Lipinski definition) is 2. The van der Waals surface area contributed by atoms with E-state index in [0.29, 0.717) is 11.8 Å². The Labute approximate surface area is 174 Å². The number of hydrogen-bond acceptors (Lipinski definition) is 0. The van der Waals surface area contributed by atoms with Crippen LogP contribution in [-0.2, 0) is 0 Å². The summed E-state index contributed by atoms with van der Waals surface area (Å²) in [6, 6.07) is 30.9. The SMILES string of the molecule is c1ccc2c(c1)[nH]c1c([C@@H]3CC[C@H]3c3cccc4c3[nH]c3ccccc34)cccc12. The standard InChI is InChI=1S/C28H22N2/c1-3-13-25-19(7-1)23-11-5-9-21(27(23)29-25)17-15-16-18(17)22-10-6-12-24-20-8-2-4-14-26(20)30-28(22)24/h1-14,17-18,29-30H,15-16H2/t17-,18-/m1/s1. The monoisotopic (exact) mass is 386 g/mol. The molecule has 2 N–H and O–H groups in total. The number of H-pyrrole nitrogens is 2. The molecule has 1 aliphatic carbocycles. The van der Waals surface area contributed by atoms with Gasteiger partial charge in [0.2, 0.25) is 0 Å². The summed E-state index contributed by atoms with van der Waals surface area (Å²) in [5.41, 5.74) is 8.03. The normalized spacial score (nSPS) is 19.1. The van der Waals surface area contributed by atoms with Crippen LogP contribution >= 0.6 is 0 Å². The Hall–Kier alpha value is -3.52. The number of fused-ring (bicyclic) bond motifs is 6. The van der Waals surface area contributed by atoms with E-state index in [1.54, 1.807) is 0 Å². The van der Waals surface area contributed by atoms with Crippen LogP contribution in [0.5, 0.6) is 0 Å². The number of aromatic nitrogens is 2. The van der Waals surface area contributed by atoms with E-state index in [1.807, 2.05) is 0 Å². The van der Waals surface area contributed by atoms with Gasteiger partial charge in [-0.1, -0.05) is 72.8 Å². The smallest absolute Gasteiger partial charge is 0.0500 e. The van der Waals surface area contributed by atoms with Crippen molar-refractivity contribution in [3.8, 4) is 0 Å². The van der Waals surface area contributed by atoms with Crippen molar-refractivity contribution in [1.82, 2.24) is 9.97 Å². The second-order valence-electron chi connectivity index (χ2n) is 8.67. The highest BCUT2D eigenvalue weighted by molar-refractivity contribution is 6.09. The van der Waals surface area contributed by atoms with Crippen LogP contribution in [-0.4, -0.2) is 9.97 Å². The third-order valence-electron chi connectivity index (χ3n) is 7.22. The number of benzene rings is 4. The minimum atomic E-state index is 0.554. The van der Waals surface area contributed by atoms with Crippen molar-refractivity contribution in [2.24, 2.45) is 0 Å². The second kappa shape index (κ2) is 5.99. The highest BCUT2D eigenvalue weighted by Gasteiger charge is 2.36. The number of rotatable bonds is 2. The lowest BCUT2D eigenvalue weighted by molar-refractivity contribution is 0.350. The minimum Gasteiger partial charge on any atom is -0.354 e. The minimum absolute atomic E-state index is 0.554. The van der Waals surface area contributed by atoms with Gasteiger partial charge in [0.05, 0.1) is 0 Å². The zero-order valence-electron chi connectivity index (χ0n) is 16.7. The molecule has 0 unspecified atom stereocenters. The topological polar surface area (TPSA) is 31.6 Å². The van der Waals surface area contributed by atoms with Gasteiger partial charge in [-0.05, 0) is 47.9 Å². The lowest BCUT2D eigenvalue weighted by atomic mass is 9.66. The maximum absolute atomic E-state index is 3.72. The first kappa shape index (κ1) is 16.3. The number of para-hydroxylation sites is 4. The first-order chi connectivity index (χ1) is 14.9. The molecule has 1 saturated carbocycles. The van der Waals surface area contributed by atoms with Crippen LogP contribution in [0.4, 0.5) is 0 Å². The Balaban J connectivity index is 1.40. The van der Waals surface area contributed by atoms with Gasteiger partial charge in [0, 0.05) is 43.6 Å². The predicted octanol–water partition coefficient (Wildman–Crippen LogP) is 7.62. The van der Waals surface area contributed by atoms with Crippen LogP contribution in [0.2, 0.25) is 0 Å². The zero-order chi connectivity index (χ0) is 19.7. The van der Waals surface area contributed by atoms with Crippen LogP contribution in [0, 0.1) is 0 Å². The molecule has 0 bridgehead atoms. The molecule has 30 heavy (non-hydrogen) atoms. The van der Waals surface area contributed by atoms with Gasteiger partial charge < -0.3 is 9.97 Å². The van der Waals surface area contributed by atoms with Crippen molar-refractivity contribution >= 4 is 43.6 Å². The molecule has 0 amide bonds. The van der Waals surface area contributed by atoms with E-state index in [0.717, 1.165) is 0 Å². The van der Waals surface area contributed by atoms with Gasteiger partial charge in [0.15, 0.2) is 0 Å². The Morgan fingerprint density at radius 3 is 1.37 bits per heavy atom. The summed E-state index contributed by atoms with van der Waals surface area (Å²) < 4.78 is 0. The second-order valence-corrected chi connectivity index (χ2v) is 8.67. The van der Waals surface area contributed by atoms with Crippen LogP contribution in [0.25, 0.3) is 43.6 Å². The molecule has 7 rings (SSSR count). The summed E-state index contributed by atoms with van der Waals surface area (Å²) in [7, 11) is 0. The molecule has 0 aliphatic heterocycles. The highest BCUT2D eigenvalue weighted by atomic mass is 14.7. The van der Waals surface area contributed by atoms with E-state index in [1.165, 1.54) is 67.6 Å². The molecule has 2 aromatic heterocycles. The summed E-state index contributed by atoms with van der Waals surface area (Å²) in [5, 5.41) is 5.33. The van der Waals surface area contributed by atoms with Gasteiger partial charge in [0.1, 0.15) is 0 Å². The summed E-state index contributed by atoms with van der Waals surface area (Å²) in [6.45, 7) is 0. The molecular formula is C28H22N2. The van der Waals surface area contributed by atoms with Crippen LogP contribution in [0.1, 0.15) is 35.8 Å². The van der Waals surface area contributed by atoms with Crippen LogP contribution in [0.3, 0.4) is 0 Å². The van der Waals surface area contributed by atoms with Crippen LogP contribution in [0.15, 0.2) is 84.9 Å². The van der Waals surface area contributed by atoms with Gasteiger partial charge in [0.25, 0.3) is 0 Å². The molecule has 0 saturated heterocycles. The first-order valence-electron chi connectivity index (χ1n) is 10.9. The Morgan fingerprint density at radius 2 is 0.900 bits per heavy atom.